The highest BCUT2D eigenvalue weighted by Gasteiger charge is 2.19. The zero-order chi connectivity index (χ0) is 13.0. The van der Waals surface area contributed by atoms with Crippen LogP contribution >= 0.6 is 0 Å². The number of carboxylic acid groups (broad SMARTS) is 1. The smallest absolute Gasteiger partial charge is 0.310 e. The first-order valence-electron chi connectivity index (χ1n) is 5.83. The largest absolute Gasteiger partial charge is 0.481 e. The van der Waals surface area contributed by atoms with Gasteiger partial charge >= 0.3 is 5.97 Å². The van der Waals surface area contributed by atoms with Gasteiger partial charge in [0, 0.05) is 7.11 Å². The minimum Gasteiger partial charge on any atom is -0.481 e. The maximum atomic E-state index is 11.1. The third-order valence-electron chi connectivity index (χ3n) is 3.12. The lowest BCUT2D eigenvalue weighted by atomic mass is 9.91. The van der Waals surface area contributed by atoms with Crippen LogP contribution in [-0.2, 0) is 16.1 Å². The van der Waals surface area contributed by atoms with Crippen LogP contribution in [0.3, 0.4) is 0 Å². The maximum Gasteiger partial charge on any atom is 0.310 e. The number of aliphatic carboxylic acids is 1. The molecule has 0 spiro atoms. The quantitative estimate of drug-likeness (QED) is 0.854. The molecule has 0 saturated heterocycles. The molecule has 0 bridgehead atoms. The number of methoxy groups -OCH3 is 1. The van der Waals surface area contributed by atoms with E-state index in [9.17, 15) is 4.79 Å². The van der Waals surface area contributed by atoms with Gasteiger partial charge in [-0.2, -0.15) is 0 Å². The molecule has 1 aromatic carbocycles. The molecule has 1 aromatic rings. The van der Waals surface area contributed by atoms with Gasteiger partial charge in [0.05, 0.1) is 12.5 Å². The van der Waals surface area contributed by atoms with Gasteiger partial charge < -0.3 is 9.84 Å². The van der Waals surface area contributed by atoms with Crippen molar-refractivity contribution < 1.29 is 14.6 Å². The average Bonchev–Trinajstić information content (AvgIpc) is 2.24. The highest BCUT2D eigenvalue weighted by atomic mass is 16.5. The molecule has 0 aromatic heterocycles. The highest BCUT2D eigenvalue weighted by Crippen LogP contribution is 2.25. The Morgan fingerprint density at radius 2 is 1.88 bits per heavy atom. The van der Waals surface area contributed by atoms with Gasteiger partial charge in [-0.3, -0.25) is 4.79 Å². The fourth-order valence-corrected chi connectivity index (χ4v) is 2.15. The van der Waals surface area contributed by atoms with Gasteiger partial charge in [0.1, 0.15) is 0 Å². The van der Waals surface area contributed by atoms with E-state index in [1.165, 1.54) is 0 Å². The summed E-state index contributed by atoms with van der Waals surface area (Å²) in [5, 5.41) is 9.16. The van der Waals surface area contributed by atoms with Crippen molar-refractivity contribution in [1.29, 1.82) is 0 Å². The van der Waals surface area contributed by atoms with E-state index >= 15 is 0 Å². The predicted molar refractivity (Wildman–Crippen MR) is 67.3 cm³/mol. The number of hydrogen-bond acceptors (Lipinski definition) is 2. The maximum absolute atomic E-state index is 11.1. The van der Waals surface area contributed by atoms with Crippen molar-refractivity contribution in [2.75, 3.05) is 7.11 Å². The SMILES string of the molecule is CCC(C(=O)O)c1cc(C)c(COC)c(C)c1. The van der Waals surface area contributed by atoms with Crippen molar-refractivity contribution in [3.63, 3.8) is 0 Å². The summed E-state index contributed by atoms with van der Waals surface area (Å²) in [5.41, 5.74) is 4.23. The topological polar surface area (TPSA) is 46.5 Å². The number of ether oxygens (including phenoxy) is 1. The second kappa shape index (κ2) is 5.82. The van der Waals surface area contributed by atoms with Gasteiger partial charge in [-0.25, -0.2) is 0 Å². The van der Waals surface area contributed by atoms with Crippen LogP contribution < -0.4 is 0 Å². The summed E-state index contributed by atoms with van der Waals surface area (Å²) >= 11 is 0. The Hall–Kier alpha value is -1.35. The number of aryl methyl sites for hydroxylation is 2. The molecule has 0 aliphatic carbocycles. The lowest BCUT2D eigenvalue weighted by Crippen LogP contribution is -2.11. The van der Waals surface area contributed by atoms with E-state index in [0.29, 0.717) is 13.0 Å². The average molecular weight is 236 g/mol. The van der Waals surface area contributed by atoms with Crippen molar-refractivity contribution in [2.24, 2.45) is 0 Å². The summed E-state index contributed by atoms with van der Waals surface area (Å²) in [7, 11) is 1.67. The Kier molecular flexibility index (Phi) is 4.70. The van der Waals surface area contributed by atoms with Gasteiger partial charge in [0.15, 0.2) is 0 Å². The van der Waals surface area contributed by atoms with Crippen molar-refractivity contribution in [1.82, 2.24) is 0 Å². The molecule has 3 nitrogen and oxygen atoms in total. The van der Waals surface area contributed by atoms with Crippen molar-refractivity contribution in [3.8, 4) is 0 Å². The van der Waals surface area contributed by atoms with Crippen LogP contribution in [0.1, 0.15) is 41.5 Å². The van der Waals surface area contributed by atoms with Crippen LogP contribution in [0.15, 0.2) is 12.1 Å². The molecular formula is C14H20O3. The molecule has 0 heterocycles. The van der Waals surface area contributed by atoms with Crippen molar-refractivity contribution >= 4 is 5.97 Å². The number of carboxylic acids is 1. The zero-order valence-electron chi connectivity index (χ0n) is 10.9. The normalized spacial score (nSPS) is 12.5. The van der Waals surface area contributed by atoms with Crippen LogP contribution in [-0.4, -0.2) is 18.2 Å². The summed E-state index contributed by atoms with van der Waals surface area (Å²) in [6.45, 7) is 6.47. The van der Waals surface area contributed by atoms with Gasteiger partial charge in [0.2, 0.25) is 0 Å². The molecule has 17 heavy (non-hydrogen) atoms. The summed E-state index contributed by atoms with van der Waals surface area (Å²) in [5.74, 6) is -1.17. The predicted octanol–water partition coefficient (Wildman–Crippen LogP) is 3.03. The third kappa shape index (κ3) is 3.07. The molecule has 0 aliphatic heterocycles. The Balaban J connectivity index is 3.17. The van der Waals surface area contributed by atoms with Gasteiger partial charge in [-0.05, 0) is 42.5 Å². The van der Waals surface area contributed by atoms with Gasteiger partial charge in [0.25, 0.3) is 0 Å². The molecule has 0 saturated carbocycles. The summed E-state index contributed by atoms with van der Waals surface area (Å²) in [4.78, 5) is 11.1. The summed E-state index contributed by atoms with van der Waals surface area (Å²) < 4.78 is 5.15. The number of rotatable bonds is 5. The van der Waals surface area contributed by atoms with Crippen LogP contribution in [0.25, 0.3) is 0 Å². The fraction of sp³-hybridized carbons (Fsp3) is 0.500. The van der Waals surface area contributed by atoms with Gasteiger partial charge in [-0.15, -0.1) is 0 Å². The lowest BCUT2D eigenvalue weighted by molar-refractivity contribution is -0.138. The Morgan fingerprint density at radius 1 is 1.35 bits per heavy atom. The zero-order valence-corrected chi connectivity index (χ0v) is 10.9. The van der Waals surface area contributed by atoms with E-state index in [4.69, 9.17) is 9.84 Å². The second-order valence-electron chi connectivity index (χ2n) is 4.37. The molecule has 1 atom stereocenters. The molecule has 3 heteroatoms. The van der Waals surface area contributed by atoms with E-state index in [0.717, 1.165) is 22.3 Å². The molecule has 1 rings (SSSR count). The van der Waals surface area contributed by atoms with Crippen molar-refractivity contribution in [2.45, 2.75) is 39.7 Å². The standard InChI is InChI=1S/C14H20O3/c1-5-12(14(15)16)11-6-9(2)13(8-17-4)10(3)7-11/h6-7,12H,5,8H2,1-4H3,(H,15,16). The van der Waals surface area contributed by atoms with E-state index in [-0.39, 0.29) is 0 Å². The second-order valence-corrected chi connectivity index (χ2v) is 4.37. The fourth-order valence-electron chi connectivity index (χ4n) is 2.15. The lowest BCUT2D eigenvalue weighted by Gasteiger charge is -2.15. The minimum absolute atomic E-state index is 0.413. The molecule has 0 amide bonds. The highest BCUT2D eigenvalue weighted by molar-refractivity contribution is 5.76. The monoisotopic (exact) mass is 236 g/mol. The summed E-state index contributed by atoms with van der Waals surface area (Å²) in [6.07, 6.45) is 0.609. The van der Waals surface area contributed by atoms with E-state index in [1.807, 2.05) is 32.9 Å². The number of hydrogen-bond donors (Lipinski definition) is 1. The van der Waals surface area contributed by atoms with Crippen molar-refractivity contribution in [3.05, 3.63) is 34.4 Å². The van der Waals surface area contributed by atoms with Crippen LogP contribution in [0.2, 0.25) is 0 Å². The molecule has 0 aliphatic rings. The van der Waals surface area contributed by atoms with Crippen LogP contribution in [0, 0.1) is 13.8 Å². The number of carbonyl (C=O) groups is 1. The van der Waals surface area contributed by atoms with E-state index in [1.54, 1.807) is 7.11 Å². The Labute approximate surface area is 102 Å². The minimum atomic E-state index is -0.759. The van der Waals surface area contributed by atoms with Gasteiger partial charge in [-0.1, -0.05) is 19.1 Å². The Bertz CT molecular complexity index is 387. The molecule has 1 unspecified atom stereocenters. The molecule has 0 radical (unpaired) electrons. The van der Waals surface area contributed by atoms with E-state index < -0.39 is 11.9 Å². The number of benzene rings is 1. The first kappa shape index (κ1) is 13.7. The van der Waals surface area contributed by atoms with E-state index in [2.05, 4.69) is 0 Å². The molecule has 1 N–H and O–H groups in total. The molecule has 0 fully saturated rings. The van der Waals surface area contributed by atoms with Crippen LogP contribution in [0.4, 0.5) is 0 Å². The summed E-state index contributed by atoms with van der Waals surface area (Å²) in [6, 6.07) is 3.92. The third-order valence-corrected chi connectivity index (χ3v) is 3.12. The molecule has 94 valence electrons. The first-order chi connectivity index (χ1) is 8.01. The molecular weight excluding hydrogens is 216 g/mol. The first-order valence-corrected chi connectivity index (χ1v) is 5.83. The Morgan fingerprint density at radius 3 is 2.24 bits per heavy atom. The van der Waals surface area contributed by atoms with Crippen LogP contribution in [0.5, 0.6) is 0 Å².